The molecule has 4 aromatic rings. The smallest absolute Gasteiger partial charge is 0.0433 e. The number of nitrogens with zero attached hydrogens (tertiary/aromatic N) is 1. The molecule has 0 atom stereocenters. The van der Waals surface area contributed by atoms with Gasteiger partial charge in [-0.3, -0.25) is 0 Å². The molecule has 0 spiro atoms. The van der Waals surface area contributed by atoms with Crippen LogP contribution in [-0.4, -0.2) is 0 Å². The first-order valence-corrected chi connectivity index (χ1v) is 8.70. The van der Waals surface area contributed by atoms with E-state index in [-0.39, 0.29) is 0 Å². The van der Waals surface area contributed by atoms with Crippen LogP contribution in [0.3, 0.4) is 0 Å². The Kier molecular flexibility index (Phi) is 4.47. The zero-order valence-electron chi connectivity index (χ0n) is 14.2. The van der Waals surface area contributed by atoms with Gasteiger partial charge in [0.2, 0.25) is 0 Å². The highest BCUT2D eigenvalue weighted by Gasteiger charge is 2.09. The van der Waals surface area contributed by atoms with E-state index < -0.39 is 0 Å². The number of hydrogen-bond acceptors (Lipinski definition) is 1. The van der Waals surface area contributed by atoms with Crippen molar-refractivity contribution in [3.05, 3.63) is 114 Å². The summed E-state index contributed by atoms with van der Waals surface area (Å²) in [7, 11) is 0. The number of rotatable bonds is 5. The minimum Gasteiger partial charge on any atom is -0.363 e. The zero-order chi connectivity index (χ0) is 16.9. The molecule has 0 fully saturated rings. The van der Waals surface area contributed by atoms with Gasteiger partial charge in [-0.15, -0.1) is 0 Å². The second-order valence-electron chi connectivity index (χ2n) is 6.36. The molecule has 0 heterocycles. The second kappa shape index (κ2) is 7.23. The number of anilines is 1. The van der Waals surface area contributed by atoms with Gasteiger partial charge in [0.25, 0.3) is 0 Å². The monoisotopic (exact) mass is 323 g/mol. The molecule has 0 saturated heterocycles. The number of benzene rings is 4. The van der Waals surface area contributed by atoms with Crippen LogP contribution in [0, 0.1) is 0 Å². The maximum Gasteiger partial charge on any atom is 0.0433 e. The lowest BCUT2D eigenvalue weighted by molar-refractivity contribution is 0.801. The van der Waals surface area contributed by atoms with Gasteiger partial charge in [0.05, 0.1) is 0 Å². The average molecular weight is 323 g/mol. The molecule has 0 N–H and O–H groups in total. The summed E-state index contributed by atoms with van der Waals surface area (Å²) in [6.07, 6.45) is 0. The van der Waals surface area contributed by atoms with Gasteiger partial charge in [0, 0.05) is 18.8 Å². The highest BCUT2D eigenvalue weighted by Crippen LogP contribution is 2.25. The van der Waals surface area contributed by atoms with Gasteiger partial charge in [-0.05, 0) is 34.0 Å². The molecule has 0 amide bonds. The van der Waals surface area contributed by atoms with Gasteiger partial charge in [0.15, 0.2) is 0 Å². The molecule has 25 heavy (non-hydrogen) atoms. The standard InChI is InChI=1S/C24H21N/c1-3-9-20(10-4-1)18-25(19-21-11-5-2-6-12-21)24-16-15-22-13-7-8-14-23(22)17-24/h1-17H,18-19H2. The summed E-state index contributed by atoms with van der Waals surface area (Å²) in [6.45, 7) is 1.79. The molecule has 4 rings (SSSR count). The Labute approximate surface area is 149 Å². The van der Waals surface area contributed by atoms with Gasteiger partial charge < -0.3 is 4.90 Å². The summed E-state index contributed by atoms with van der Waals surface area (Å²) in [5, 5.41) is 2.57. The van der Waals surface area contributed by atoms with Crippen molar-refractivity contribution in [1.29, 1.82) is 0 Å². The molecule has 122 valence electrons. The van der Waals surface area contributed by atoms with Crippen LogP contribution in [0.5, 0.6) is 0 Å². The first-order valence-electron chi connectivity index (χ1n) is 8.70. The van der Waals surface area contributed by atoms with E-state index in [1.54, 1.807) is 0 Å². The van der Waals surface area contributed by atoms with Crippen LogP contribution >= 0.6 is 0 Å². The lowest BCUT2D eigenvalue weighted by atomic mass is 10.1. The molecular weight excluding hydrogens is 302 g/mol. The third-order valence-corrected chi connectivity index (χ3v) is 4.53. The lowest BCUT2D eigenvalue weighted by Crippen LogP contribution is -2.22. The molecule has 0 aliphatic rings. The average Bonchev–Trinajstić information content (AvgIpc) is 2.69. The minimum atomic E-state index is 0.897. The molecule has 0 aliphatic heterocycles. The SMILES string of the molecule is c1ccc(CN(Cc2ccccc2)c2ccc3ccccc3c2)cc1. The molecule has 4 aromatic carbocycles. The fraction of sp³-hybridized carbons (Fsp3) is 0.0833. The van der Waals surface area contributed by atoms with Crippen LogP contribution in [-0.2, 0) is 13.1 Å². The van der Waals surface area contributed by atoms with Crippen LogP contribution in [0.1, 0.15) is 11.1 Å². The van der Waals surface area contributed by atoms with Gasteiger partial charge in [-0.1, -0.05) is 91.0 Å². The summed E-state index contributed by atoms with van der Waals surface area (Å²) in [4.78, 5) is 2.44. The molecule has 0 aromatic heterocycles. The Balaban J connectivity index is 1.69. The van der Waals surface area contributed by atoms with Crippen LogP contribution in [0.4, 0.5) is 5.69 Å². The minimum absolute atomic E-state index is 0.897. The summed E-state index contributed by atoms with van der Waals surface area (Å²) >= 11 is 0. The van der Waals surface area contributed by atoms with Crippen molar-refractivity contribution in [3.63, 3.8) is 0 Å². The Morgan fingerprint density at radius 1 is 0.480 bits per heavy atom. The molecular formula is C24H21N. The second-order valence-corrected chi connectivity index (χ2v) is 6.36. The molecule has 1 nitrogen and oxygen atoms in total. The van der Waals surface area contributed by atoms with E-state index in [0.717, 1.165) is 13.1 Å². The van der Waals surface area contributed by atoms with E-state index in [0.29, 0.717) is 0 Å². The van der Waals surface area contributed by atoms with Gasteiger partial charge >= 0.3 is 0 Å². The predicted octanol–water partition coefficient (Wildman–Crippen LogP) is 6.05. The first kappa shape index (κ1) is 15.5. The van der Waals surface area contributed by atoms with E-state index in [9.17, 15) is 0 Å². The molecule has 1 heteroatoms. The molecule has 0 bridgehead atoms. The van der Waals surface area contributed by atoms with Crippen molar-refractivity contribution < 1.29 is 0 Å². The third kappa shape index (κ3) is 3.72. The van der Waals surface area contributed by atoms with E-state index in [4.69, 9.17) is 0 Å². The molecule has 0 aliphatic carbocycles. The van der Waals surface area contributed by atoms with E-state index >= 15 is 0 Å². The highest BCUT2D eigenvalue weighted by atomic mass is 15.1. The Morgan fingerprint density at radius 3 is 1.60 bits per heavy atom. The predicted molar refractivity (Wildman–Crippen MR) is 107 cm³/mol. The van der Waals surface area contributed by atoms with Crippen molar-refractivity contribution in [1.82, 2.24) is 0 Å². The fourth-order valence-corrected chi connectivity index (χ4v) is 3.22. The van der Waals surface area contributed by atoms with Crippen molar-refractivity contribution >= 4 is 16.5 Å². The Hall–Kier alpha value is -3.06. The molecule has 0 radical (unpaired) electrons. The summed E-state index contributed by atoms with van der Waals surface area (Å²) < 4.78 is 0. The quantitative estimate of drug-likeness (QED) is 0.432. The maximum atomic E-state index is 2.44. The van der Waals surface area contributed by atoms with Crippen LogP contribution in [0.15, 0.2) is 103 Å². The van der Waals surface area contributed by atoms with Crippen molar-refractivity contribution in [2.24, 2.45) is 0 Å². The zero-order valence-corrected chi connectivity index (χ0v) is 14.2. The molecule has 0 unspecified atom stereocenters. The maximum absolute atomic E-state index is 2.44. The largest absolute Gasteiger partial charge is 0.363 e. The van der Waals surface area contributed by atoms with E-state index in [2.05, 4.69) is 108 Å². The van der Waals surface area contributed by atoms with Crippen LogP contribution < -0.4 is 4.90 Å². The normalized spacial score (nSPS) is 10.7. The lowest BCUT2D eigenvalue weighted by Gasteiger charge is -2.26. The van der Waals surface area contributed by atoms with Crippen LogP contribution in [0.25, 0.3) is 10.8 Å². The summed E-state index contributed by atoms with van der Waals surface area (Å²) in [6, 6.07) is 36.6. The number of hydrogen-bond donors (Lipinski definition) is 0. The van der Waals surface area contributed by atoms with Crippen LogP contribution in [0.2, 0.25) is 0 Å². The van der Waals surface area contributed by atoms with Gasteiger partial charge in [0.1, 0.15) is 0 Å². The van der Waals surface area contributed by atoms with Crippen molar-refractivity contribution in [2.45, 2.75) is 13.1 Å². The summed E-state index contributed by atoms with van der Waals surface area (Å²) in [5.74, 6) is 0. The Morgan fingerprint density at radius 2 is 1.00 bits per heavy atom. The Bertz CT molecular complexity index is 904. The summed E-state index contributed by atoms with van der Waals surface area (Å²) in [5.41, 5.74) is 3.91. The van der Waals surface area contributed by atoms with Crippen molar-refractivity contribution in [2.75, 3.05) is 4.90 Å². The highest BCUT2D eigenvalue weighted by molar-refractivity contribution is 5.85. The number of fused-ring (bicyclic) bond motifs is 1. The van der Waals surface area contributed by atoms with Gasteiger partial charge in [-0.25, -0.2) is 0 Å². The van der Waals surface area contributed by atoms with Crippen molar-refractivity contribution in [3.8, 4) is 0 Å². The topological polar surface area (TPSA) is 3.24 Å². The third-order valence-electron chi connectivity index (χ3n) is 4.53. The van der Waals surface area contributed by atoms with E-state index in [1.807, 2.05) is 0 Å². The van der Waals surface area contributed by atoms with Gasteiger partial charge in [-0.2, -0.15) is 0 Å². The first-order chi connectivity index (χ1) is 12.4. The fourth-order valence-electron chi connectivity index (χ4n) is 3.22. The molecule has 0 saturated carbocycles. The van der Waals surface area contributed by atoms with E-state index in [1.165, 1.54) is 27.6 Å².